The van der Waals surface area contributed by atoms with Crippen molar-refractivity contribution in [2.45, 2.75) is 11.8 Å². The Morgan fingerprint density at radius 1 is 1.40 bits per heavy atom. The summed E-state index contributed by atoms with van der Waals surface area (Å²) >= 11 is 3.22. The second-order valence-electron chi connectivity index (χ2n) is 4.47. The van der Waals surface area contributed by atoms with Crippen molar-refractivity contribution < 1.29 is 13.2 Å². The Labute approximate surface area is 125 Å². The van der Waals surface area contributed by atoms with Gasteiger partial charge in [-0.25, -0.2) is 13.6 Å². The van der Waals surface area contributed by atoms with E-state index in [1.54, 1.807) is 6.92 Å². The maximum absolute atomic E-state index is 12.0. The fraction of sp³-hybridized carbons (Fsp3) is 0.250. The van der Waals surface area contributed by atoms with E-state index in [1.165, 1.54) is 18.2 Å². The highest BCUT2D eigenvalue weighted by atomic mass is 79.9. The smallest absolute Gasteiger partial charge is 0.251 e. The quantitative estimate of drug-likeness (QED) is 0.699. The molecule has 1 amide bonds. The third kappa shape index (κ3) is 3.26. The van der Waals surface area contributed by atoms with Crippen molar-refractivity contribution in [3.05, 3.63) is 33.8 Å². The fourth-order valence-corrected chi connectivity index (χ4v) is 2.84. The van der Waals surface area contributed by atoms with Crippen molar-refractivity contribution in [1.29, 1.82) is 0 Å². The van der Waals surface area contributed by atoms with Crippen LogP contribution >= 0.6 is 15.9 Å². The topological polar surface area (TPSA) is 101 Å². The third-order valence-corrected chi connectivity index (χ3v) is 4.63. The summed E-state index contributed by atoms with van der Waals surface area (Å²) in [6.07, 6.45) is 0. The van der Waals surface area contributed by atoms with Crippen molar-refractivity contribution in [2.75, 3.05) is 18.4 Å². The zero-order chi connectivity index (χ0) is 14.9. The molecule has 1 fully saturated rings. The molecule has 1 aliphatic rings. The molecular weight excluding hydrogens is 346 g/mol. The molecule has 2 rings (SSSR count). The molecule has 0 aliphatic carbocycles. The summed E-state index contributed by atoms with van der Waals surface area (Å²) in [5, 5.41) is 10.8. The molecule has 0 unspecified atom stereocenters. The Bertz CT molecular complexity index is 692. The molecule has 1 aliphatic heterocycles. The molecule has 0 bridgehead atoms. The number of nitrogens with two attached hydrogens (primary N) is 1. The second-order valence-corrected chi connectivity index (χ2v) is 6.89. The number of primary sulfonamides is 1. The maximum Gasteiger partial charge on any atom is 0.251 e. The van der Waals surface area contributed by atoms with Crippen molar-refractivity contribution in [1.82, 2.24) is 5.32 Å². The van der Waals surface area contributed by atoms with Gasteiger partial charge in [0.25, 0.3) is 5.91 Å². The summed E-state index contributed by atoms with van der Waals surface area (Å²) in [7, 11) is -3.76. The number of carbonyl (C=O) groups is 1. The minimum atomic E-state index is -3.76. The molecule has 1 aromatic carbocycles. The van der Waals surface area contributed by atoms with Crippen molar-refractivity contribution in [2.24, 2.45) is 5.14 Å². The molecule has 0 spiro atoms. The van der Waals surface area contributed by atoms with Crippen LogP contribution in [0, 0.1) is 0 Å². The van der Waals surface area contributed by atoms with Crippen LogP contribution in [0.15, 0.2) is 38.7 Å². The number of hydrogen-bond acceptors (Lipinski definition) is 4. The van der Waals surface area contributed by atoms with Gasteiger partial charge in [-0.15, -0.1) is 0 Å². The van der Waals surface area contributed by atoms with Gasteiger partial charge in [0.2, 0.25) is 10.0 Å². The number of nitrogens with one attached hydrogen (secondary N) is 2. The number of sulfonamides is 1. The van der Waals surface area contributed by atoms with Gasteiger partial charge in [0, 0.05) is 23.1 Å². The minimum absolute atomic E-state index is 0.0133. The molecule has 1 saturated heterocycles. The molecule has 0 atom stereocenters. The van der Waals surface area contributed by atoms with Crippen LogP contribution in [0.3, 0.4) is 0 Å². The SMILES string of the molecule is CC(C(=O)Nc1ccc(S(N)(=O)=O)cc1Br)=C1CNC1. The van der Waals surface area contributed by atoms with Gasteiger partial charge in [0.05, 0.1) is 10.6 Å². The predicted octanol–water partition coefficient (Wildman–Crippen LogP) is 0.955. The van der Waals surface area contributed by atoms with E-state index in [2.05, 4.69) is 26.6 Å². The van der Waals surface area contributed by atoms with Gasteiger partial charge >= 0.3 is 0 Å². The first kappa shape index (κ1) is 15.2. The minimum Gasteiger partial charge on any atom is -0.321 e. The molecule has 0 aromatic heterocycles. The fourth-order valence-electron chi connectivity index (χ4n) is 1.67. The summed E-state index contributed by atoms with van der Waals surface area (Å²) in [5.74, 6) is -0.203. The number of benzene rings is 1. The van der Waals surface area contributed by atoms with Gasteiger partial charge in [-0.2, -0.15) is 0 Å². The van der Waals surface area contributed by atoms with E-state index in [9.17, 15) is 13.2 Å². The van der Waals surface area contributed by atoms with E-state index in [1.807, 2.05) is 0 Å². The van der Waals surface area contributed by atoms with Gasteiger partial charge in [0.1, 0.15) is 0 Å². The predicted molar refractivity (Wildman–Crippen MR) is 79.7 cm³/mol. The highest BCUT2D eigenvalue weighted by Gasteiger charge is 2.17. The van der Waals surface area contributed by atoms with Crippen LogP contribution in [0.5, 0.6) is 0 Å². The summed E-state index contributed by atoms with van der Waals surface area (Å²) in [6, 6.07) is 4.21. The maximum atomic E-state index is 12.0. The Morgan fingerprint density at radius 2 is 2.05 bits per heavy atom. The third-order valence-electron chi connectivity index (χ3n) is 3.06. The number of hydrogen-bond donors (Lipinski definition) is 3. The molecule has 0 saturated carbocycles. The lowest BCUT2D eigenvalue weighted by molar-refractivity contribution is -0.112. The lowest BCUT2D eigenvalue weighted by atomic mass is 10.0. The van der Waals surface area contributed by atoms with E-state index in [-0.39, 0.29) is 10.8 Å². The van der Waals surface area contributed by atoms with Gasteiger partial charge < -0.3 is 10.6 Å². The summed E-state index contributed by atoms with van der Waals surface area (Å²) in [5.41, 5.74) is 2.24. The van der Waals surface area contributed by atoms with E-state index in [4.69, 9.17) is 5.14 Å². The molecule has 0 radical (unpaired) electrons. The Morgan fingerprint density at radius 3 is 2.50 bits per heavy atom. The zero-order valence-corrected chi connectivity index (χ0v) is 13.1. The van der Waals surface area contributed by atoms with E-state index >= 15 is 0 Å². The van der Waals surface area contributed by atoms with Crippen LogP contribution in [0.1, 0.15) is 6.92 Å². The molecule has 108 valence electrons. The summed E-state index contributed by atoms with van der Waals surface area (Å²) < 4.78 is 22.9. The first-order chi connectivity index (χ1) is 9.29. The monoisotopic (exact) mass is 359 g/mol. The number of halogens is 1. The van der Waals surface area contributed by atoms with Crippen LogP contribution in [-0.4, -0.2) is 27.4 Å². The van der Waals surface area contributed by atoms with Crippen molar-refractivity contribution in [3.8, 4) is 0 Å². The van der Waals surface area contributed by atoms with Crippen LogP contribution in [0.4, 0.5) is 5.69 Å². The number of rotatable bonds is 3. The average Bonchev–Trinajstić information content (AvgIpc) is 2.27. The van der Waals surface area contributed by atoms with Gasteiger partial charge in [0.15, 0.2) is 0 Å². The number of carbonyl (C=O) groups excluding carboxylic acids is 1. The Balaban J connectivity index is 2.20. The van der Waals surface area contributed by atoms with E-state index in [0.29, 0.717) is 15.7 Å². The molecule has 20 heavy (non-hydrogen) atoms. The highest BCUT2D eigenvalue weighted by Crippen LogP contribution is 2.26. The second kappa shape index (κ2) is 5.65. The molecular formula is C12H14BrN3O3S. The molecule has 1 heterocycles. The van der Waals surface area contributed by atoms with Crippen molar-refractivity contribution in [3.63, 3.8) is 0 Å². The Hall–Kier alpha value is -1.22. The van der Waals surface area contributed by atoms with Gasteiger partial charge in [-0.3, -0.25) is 4.79 Å². The van der Waals surface area contributed by atoms with Gasteiger partial charge in [-0.1, -0.05) is 0 Å². The Kier molecular flexibility index (Phi) is 4.28. The highest BCUT2D eigenvalue weighted by molar-refractivity contribution is 9.10. The van der Waals surface area contributed by atoms with Crippen LogP contribution in [0.2, 0.25) is 0 Å². The van der Waals surface area contributed by atoms with Gasteiger partial charge in [-0.05, 0) is 46.6 Å². The number of amides is 1. The van der Waals surface area contributed by atoms with E-state index < -0.39 is 10.0 Å². The molecule has 8 heteroatoms. The lowest BCUT2D eigenvalue weighted by Crippen LogP contribution is -2.36. The largest absolute Gasteiger partial charge is 0.321 e. The van der Waals surface area contributed by atoms with Crippen LogP contribution in [-0.2, 0) is 14.8 Å². The summed E-state index contributed by atoms with van der Waals surface area (Å²) in [4.78, 5) is 12.0. The zero-order valence-electron chi connectivity index (χ0n) is 10.7. The van der Waals surface area contributed by atoms with Crippen molar-refractivity contribution >= 4 is 37.5 Å². The normalized spacial score (nSPS) is 14.7. The average molecular weight is 360 g/mol. The van der Waals surface area contributed by atoms with E-state index in [0.717, 1.165) is 18.7 Å². The first-order valence-electron chi connectivity index (χ1n) is 5.82. The number of anilines is 1. The first-order valence-corrected chi connectivity index (χ1v) is 8.16. The lowest BCUT2D eigenvalue weighted by Gasteiger charge is -2.21. The summed E-state index contributed by atoms with van der Waals surface area (Å²) in [6.45, 7) is 3.22. The van der Waals surface area contributed by atoms with Crippen LogP contribution < -0.4 is 15.8 Å². The van der Waals surface area contributed by atoms with Crippen LogP contribution in [0.25, 0.3) is 0 Å². The standard InChI is InChI=1S/C12H14BrN3O3S/c1-7(8-5-15-6-8)12(17)16-11-3-2-9(4-10(11)13)20(14,18)19/h2-4,15H,5-6H2,1H3,(H,16,17)(H2,14,18,19). The molecule has 6 nitrogen and oxygen atoms in total. The molecule has 1 aromatic rings. The molecule has 4 N–H and O–H groups in total.